The van der Waals surface area contributed by atoms with Gasteiger partial charge in [-0.25, -0.2) is 0 Å². The van der Waals surface area contributed by atoms with Gasteiger partial charge in [-0.1, -0.05) is 191 Å². The highest BCUT2D eigenvalue weighted by atomic mass is 16.6. The standard InChI is InChI=1S/C42H76O4/c1-3-5-7-9-11-13-15-17-18-19-20-21-22-23-24-26-28-30-32-34-36-38-45-40-41(39-43)46-42(44)37-35-33-31-29-27-25-16-14-12-10-8-6-4-2/h6,8,12,14,25,27,31,33,41,43H,3-5,7,9-11,13,15-24,26,28-30,32,34-40H2,1-2H3/b8-6-,14-12-,27-25-,33-31-. The Kier molecular flexibility index (Phi) is 38.1. The molecule has 0 saturated heterocycles. The topological polar surface area (TPSA) is 55.8 Å². The van der Waals surface area contributed by atoms with E-state index in [4.69, 9.17) is 9.47 Å². The van der Waals surface area contributed by atoms with Gasteiger partial charge in [-0.3, -0.25) is 4.79 Å². The third-order valence-electron chi connectivity index (χ3n) is 8.43. The lowest BCUT2D eigenvalue weighted by molar-refractivity contribution is -0.154. The zero-order valence-electron chi connectivity index (χ0n) is 30.6. The maximum atomic E-state index is 12.1. The Morgan fingerprint density at radius 2 is 0.935 bits per heavy atom. The van der Waals surface area contributed by atoms with Crippen molar-refractivity contribution in [3.05, 3.63) is 48.6 Å². The Morgan fingerprint density at radius 1 is 0.543 bits per heavy atom. The van der Waals surface area contributed by atoms with Crippen LogP contribution in [0, 0.1) is 0 Å². The largest absolute Gasteiger partial charge is 0.457 e. The highest BCUT2D eigenvalue weighted by Gasteiger charge is 2.13. The fourth-order valence-corrected chi connectivity index (χ4v) is 5.52. The third kappa shape index (κ3) is 36.8. The fourth-order valence-electron chi connectivity index (χ4n) is 5.52. The van der Waals surface area contributed by atoms with E-state index in [1.54, 1.807) is 0 Å². The van der Waals surface area contributed by atoms with E-state index in [0.29, 0.717) is 19.4 Å². The number of unbranched alkanes of at least 4 members (excludes halogenated alkanes) is 20. The van der Waals surface area contributed by atoms with Gasteiger partial charge in [0, 0.05) is 13.0 Å². The Balaban J connectivity index is 3.45. The average Bonchev–Trinajstić information content (AvgIpc) is 3.06. The molecule has 0 fully saturated rings. The number of carbonyl (C=O) groups excluding carboxylic acids is 1. The summed E-state index contributed by atoms with van der Waals surface area (Å²) >= 11 is 0. The van der Waals surface area contributed by atoms with Crippen molar-refractivity contribution in [3.63, 3.8) is 0 Å². The summed E-state index contributed by atoms with van der Waals surface area (Å²) in [6.45, 7) is 5.17. The summed E-state index contributed by atoms with van der Waals surface area (Å²) in [5.41, 5.74) is 0. The summed E-state index contributed by atoms with van der Waals surface area (Å²) in [6, 6.07) is 0. The van der Waals surface area contributed by atoms with Crippen LogP contribution >= 0.6 is 0 Å². The summed E-state index contributed by atoms with van der Waals surface area (Å²) < 4.78 is 11.1. The first-order chi connectivity index (χ1) is 22.7. The van der Waals surface area contributed by atoms with E-state index in [-0.39, 0.29) is 19.2 Å². The second kappa shape index (κ2) is 39.5. The molecule has 0 amide bonds. The molecule has 1 unspecified atom stereocenters. The van der Waals surface area contributed by atoms with E-state index < -0.39 is 6.10 Å². The molecule has 0 radical (unpaired) electrons. The van der Waals surface area contributed by atoms with E-state index in [0.717, 1.165) is 32.1 Å². The number of hydrogen-bond acceptors (Lipinski definition) is 4. The first kappa shape index (κ1) is 44.4. The maximum absolute atomic E-state index is 12.1. The molecule has 268 valence electrons. The number of allylic oxidation sites excluding steroid dienone is 8. The molecule has 0 aliphatic rings. The summed E-state index contributed by atoms with van der Waals surface area (Å²) in [5, 5.41) is 9.55. The predicted octanol–water partition coefficient (Wildman–Crippen LogP) is 12.7. The maximum Gasteiger partial charge on any atom is 0.306 e. The highest BCUT2D eigenvalue weighted by Crippen LogP contribution is 2.15. The van der Waals surface area contributed by atoms with Gasteiger partial charge in [0.15, 0.2) is 0 Å². The molecule has 0 aromatic heterocycles. The second-order valence-corrected chi connectivity index (χ2v) is 13.0. The van der Waals surface area contributed by atoms with Crippen LogP contribution in [0.25, 0.3) is 0 Å². The lowest BCUT2D eigenvalue weighted by Crippen LogP contribution is -2.27. The molecule has 0 rings (SSSR count). The number of ether oxygens (including phenoxy) is 2. The molecule has 0 saturated carbocycles. The van der Waals surface area contributed by atoms with Crippen LogP contribution in [-0.2, 0) is 14.3 Å². The fraction of sp³-hybridized carbons (Fsp3) is 0.786. The zero-order valence-corrected chi connectivity index (χ0v) is 30.6. The molecule has 4 heteroatoms. The van der Waals surface area contributed by atoms with Crippen LogP contribution in [0.2, 0.25) is 0 Å². The van der Waals surface area contributed by atoms with Gasteiger partial charge in [-0.2, -0.15) is 0 Å². The van der Waals surface area contributed by atoms with E-state index in [2.05, 4.69) is 56.4 Å². The van der Waals surface area contributed by atoms with Crippen LogP contribution < -0.4 is 0 Å². The summed E-state index contributed by atoms with van der Waals surface area (Å²) in [5.74, 6) is -0.279. The van der Waals surface area contributed by atoms with Crippen molar-refractivity contribution in [3.8, 4) is 0 Å². The molecule has 0 aliphatic heterocycles. The number of rotatable bonds is 36. The van der Waals surface area contributed by atoms with Crippen molar-refractivity contribution in [2.75, 3.05) is 19.8 Å². The number of aliphatic hydroxyl groups is 1. The lowest BCUT2D eigenvalue weighted by Gasteiger charge is -2.15. The minimum atomic E-state index is -0.570. The molecular formula is C42H76O4. The molecule has 46 heavy (non-hydrogen) atoms. The Bertz CT molecular complexity index is 723. The molecular weight excluding hydrogens is 568 g/mol. The molecule has 0 aromatic carbocycles. The van der Waals surface area contributed by atoms with Crippen molar-refractivity contribution >= 4 is 5.97 Å². The van der Waals surface area contributed by atoms with Gasteiger partial charge >= 0.3 is 5.97 Å². The van der Waals surface area contributed by atoms with Crippen LogP contribution in [0.1, 0.15) is 187 Å². The predicted molar refractivity (Wildman–Crippen MR) is 200 cm³/mol. The van der Waals surface area contributed by atoms with E-state index in [1.807, 2.05) is 6.08 Å². The average molecular weight is 645 g/mol. The number of hydrogen-bond donors (Lipinski definition) is 1. The number of esters is 1. The van der Waals surface area contributed by atoms with Gasteiger partial charge in [0.1, 0.15) is 6.10 Å². The minimum absolute atomic E-state index is 0.199. The summed E-state index contributed by atoms with van der Waals surface area (Å²) in [7, 11) is 0. The third-order valence-corrected chi connectivity index (χ3v) is 8.43. The second-order valence-electron chi connectivity index (χ2n) is 13.0. The zero-order chi connectivity index (χ0) is 33.4. The highest BCUT2D eigenvalue weighted by molar-refractivity contribution is 5.69. The monoisotopic (exact) mass is 645 g/mol. The molecule has 1 atom stereocenters. The van der Waals surface area contributed by atoms with Gasteiger partial charge in [0.25, 0.3) is 0 Å². The van der Waals surface area contributed by atoms with Gasteiger partial charge in [0.2, 0.25) is 0 Å². The van der Waals surface area contributed by atoms with Crippen molar-refractivity contribution in [2.45, 2.75) is 193 Å². The molecule has 0 aliphatic carbocycles. The molecule has 0 bridgehead atoms. The molecule has 4 nitrogen and oxygen atoms in total. The first-order valence-corrected chi connectivity index (χ1v) is 19.7. The van der Waals surface area contributed by atoms with Crippen molar-refractivity contribution in [1.29, 1.82) is 0 Å². The summed E-state index contributed by atoms with van der Waals surface area (Å²) in [6.07, 6.45) is 50.4. The molecule has 0 spiro atoms. The van der Waals surface area contributed by atoms with Gasteiger partial charge in [0.05, 0.1) is 13.2 Å². The van der Waals surface area contributed by atoms with Crippen LogP contribution in [0.5, 0.6) is 0 Å². The van der Waals surface area contributed by atoms with Gasteiger partial charge in [-0.05, 0) is 38.5 Å². The van der Waals surface area contributed by atoms with E-state index in [1.165, 1.54) is 128 Å². The Morgan fingerprint density at radius 3 is 1.35 bits per heavy atom. The van der Waals surface area contributed by atoms with E-state index >= 15 is 0 Å². The SMILES string of the molecule is CC/C=C\C/C=C\C/C=C\C/C=C\CCC(=O)OC(CO)COCCCCCCCCCCCCCCCCCCCCCCC. The number of aliphatic hydroxyl groups excluding tert-OH is 1. The summed E-state index contributed by atoms with van der Waals surface area (Å²) in [4.78, 5) is 12.1. The molecule has 0 aromatic rings. The van der Waals surface area contributed by atoms with Gasteiger partial charge in [-0.15, -0.1) is 0 Å². The first-order valence-electron chi connectivity index (χ1n) is 19.7. The van der Waals surface area contributed by atoms with Crippen molar-refractivity contribution in [1.82, 2.24) is 0 Å². The Labute approximate surface area is 286 Å². The van der Waals surface area contributed by atoms with Crippen molar-refractivity contribution < 1.29 is 19.4 Å². The number of carbonyl (C=O) groups is 1. The van der Waals surface area contributed by atoms with Crippen LogP contribution in [0.15, 0.2) is 48.6 Å². The Hall–Kier alpha value is -1.65. The lowest BCUT2D eigenvalue weighted by atomic mass is 10.0. The van der Waals surface area contributed by atoms with E-state index in [9.17, 15) is 9.90 Å². The van der Waals surface area contributed by atoms with Crippen LogP contribution in [0.4, 0.5) is 0 Å². The smallest absolute Gasteiger partial charge is 0.306 e. The van der Waals surface area contributed by atoms with Crippen molar-refractivity contribution in [2.24, 2.45) is 0 Å². The van der Waals surface area contributed by atoms with Gasteiger partial charge < -0.3 is 14.6 Å². The molecule has 1 N–H and O–H groups in total. The quantitative estimate of drug-likeness (QED) is 0.0419. The van der Waals surface area contributed by atoms with Crippen LogP contribution in [0.3, 0.4) is 0 Å². The molecule has 0 heterocycles. The normalized spacial score (nSPS) is 12.8. The van der Waals surface area contributed by atoms with Crippen LogP contribution in [-0.4, -0.2) is 37.0 Å². The minimum Gasteiger partial charge on any atom is -0.457 e.